The van der Waals surface area contributed by atoms with Gasteiger partial charge in [-0.3, -0.25) is 4.90 Å². The maximum Gasteiger partial charge on any atom is 0.225 e. The van der Waals surface area contributed by atoms with Gasteiger partial charge >= 0.3 is 0 Å². The molecule has 0 unspecified atom stereocenters. The van der Waals surface area contributed by atoms with Crippen LogP contribution >= 0.6 is 0 Å². The summed E-state index contributed by atoms with van der Waals surface area (Å²) in [6.45, 7) is -19.8. The number of hydrogen-bond donors (Lipinski definition) is 1. The molecule has 1 aliphatic heterocycles. The van der Waals surface area contributed by atoms with Crippen LogP contribution in [0.1, 0.15) is 17.8 Å². The third kappa shape index (κ3) is 4.68. The van der Waals surface area contributed by atoms with Gasteiger partial charge in [0.15, 0.2) is 17.1 Å². The lowest BCUT2D eigenvalue weighted by molar-refractivity contribution is 0.146. The molecule has 1 saturated heterocycles. The Bertz CT molecular complexity index is 2020. The Morgan fingerprint density at radius 1 is 1.08 bits per heavy atom. The maximum absolute atomic E-state index is 8.80. The van der Waals surface area contributed by atoms with Crippen molar-refractivity contribution in [1.82, 2.24) is 34.3 Å². The minimum atomic E-state index is -3.24. The van der Waals surface area contributed by atoms with Gasteiger partial charge in [-0.25, -0.2) is 9.67 Å². The van der Waals surface area contributed by atoms with Gasteiger partial charge in [-0.1, -0.05) is 0 Å². The number of hydrogen-bond acceptors (Lipinski definition) is 10. The molecule has 1 aliphatic rings. The molecule has 0 amide bonds. The normalized spacial score (nSPS) is 26.1. The summed E-state index contributed by atoms with van der Waals surface area (Å²) in [5, 5.41) is 8.53. The van der Waals surface area contributed by atoms with E-state index in [4.69, 9.17) is 32.7 Å². The number of nitrogen functional groups attached to an aromatic ring is 1. The fraction of sp³-hybridized carbons (Fsp3) is 0.360. The molecule has 6 rings (SSSR count). The van der Waals surface area contributed by atoms with Gasteiger partial charge in [0, 0.05) is 50.8 Å². The summed E-state index contributed by atoms with van der Waals surface area (Å²) < 4.78 is 127. The van der Waals surface area contributed by atoms with Crippen LogP contribution in [0.2, 0.25) is 0 Å². The second-order valence-electron chi connectivity index (χ2n) is 7.59. The van der Waals surface area contributed by atoms with Gasteiger partial charge in [-0.15, -0.1) is 5.10 Å². The number of rotatable bonds is 9. The van der Waals surface area contributed by atoms with Gasteiger partial charge in [-0.2, -0.15) is 14.6 Å². The number of anilines is 2. The summed E-state index contributed by atoms with van der Waals surface area (Å²) >= 11 is 0. The first kappa shape index (κ1) is 12.9. The quantitative estimate of drug-likeness (QED) is 0.311. The van der Waals surface area contributed by atoms with E-state index in [9.17, 15) is 0 Å². The number of ether oxygens (including phenoxy) is 2. The van der Waals surface area contributed by atoms with Crippen molar-refractivity contribution < 1.29 is 31.7 Å². The number of furan rings is 1. The van der Waals surface area contributed by atoms with Crippen LogP contribution < -0.4 is 15.4 Å². The average Bonchev–Trinajstić information content (AvgIpc) is 3.77. The fourth-order valence-corrected chi connectivity index (χ4v) is 3.55. The lowest BCUT2D eigenvalue weighted by atomic mass is 10.2. The number of piperazine rings is 1. The van der Waals surface area contributed by atoms with Gasteiger partial charge in [0.25, 0.3) is 0 Å². The molecule has 0 radical (unpaired) electrons. The molecule has 192 valence electrons. The summed E-state index contributed by atoms with van der Waals surface area (Å²) in [5.74, 6) is 0.0888. The Kier molecular flexibility index (Phi) is 3.51. The summed E-state index contributed by atoms with van der Waals surface area (Å²) in [5.41, 5.74) is 5.95. The Hall–Kier alpha value is -4.16. The van der Waals surface area contributed by atoms with Gasteiger partial charge in [0.1, 0.15) is 12.3 Å². The second-order valence-corrected chi connectivity index (χ2v) is 7.59. The van der Waals surface area contributed by atoms with Crippen molar-refractivity contribution in [2.24, 2.45) is 0 Å². The Morgan fingerprint density at radius 2 is 1.92 bits per heavy atom. The smallest absolute Gasteiger partial charge is 0.225 e. The molecule has 12 nitrogen and oxygen atoms in total. The van der Waals surface area contributed by atoms with Crippen LogP contribution in [-0.4, -0.2) is 87.0 Å². The summed E-state index contributed by atoms with van der Waals surface area (Å²) in [6.07, 6.45) is 1.12. The van der Waals surface area contributed by atoms with Gasteiger partial charge in [-0.05, 0) is 36.4 Å². The van der Waals surface area contributed by atoms with Crippen molar-refractivity contribution in [3.8, 4) is 17.3 Å². The molecule has 1 aromatic carbocycles. The molecule has 0 bridgehead atoms. The molecule has 37 heavy (non-hydrogen) atoms. The molecule has 2 N–H and O–H groups in total. The van der Waals surface area contributed by atoms with E-state index in [0.717, 1.165) is 36.1 Å². The number of nitrogens with two attached hydrogens (primary N) is 1. The first-order valence-electron chi connectivity index (χ1n) is 17.4. The summed E-state index contributed by atoms with van der Waals surface area (Å²) in [6, 6.07) is 7.54. The minimum absolute atomic E-state index is 0.0226. The van der Waals surface area contributed by atoms with E-state index >= 15 is 0 Å². The molecule has 4 aromatic heterocycles. The largest absolute Gasteiger partial charge is 0.491 e. The molecular weight excluding hydrogens is 474 g/mol. The van der Waals surface area contributed by atoms with E-state index in [1.54, 1.807) is 12.1 Å². The van der Waals surface area contributed by atoms with Crippen molar-refractivity contribution in [1.29, 1.82) is 0 Å². The van der Waals surface area contributed by atoms with E-state index in [2.05, 4.69) is 24.9 Å². The number of aromatic nitrogens is 6. The van der Waals surface area contributed by atoms with Crippen LogP contribution in [0.5, 0.6) is 5.75 Å². The van der Waals surface area contributed by atoms with Crippen LogP contribution in [0, 0.1) is 0 Å². The van der Waals surface area contributed by atoms with Crippen LogP contribution in [0.4, 0.5) is 11.6 Å². The third-order valence-electron chi connectivity index (χ3n) is 5.30. The van der Waals surface area contributed by atoms with E-state index in [1.165, 1.54) is 10.8 Å². The third-order valence-corrected chi connectivity index (χ3v) is 5.30. The topological polar surface area (TPSA) is 125 Å². The molecule has 5 heterocycles. The highest BCUT2D eigenvalue weighted by Gasteiger charge is 2.20. The van der Waals surface area contributed by atoms with E-state index in [1.807, 2.05) is 0 Å². The predicted molar refractivity (Wildman–Crippen MR) is 139 cm³/mol. The highest BCUT2D eigenvalue weighted by atomic mass is 16.5. The van der Waals surface area contributed by atoms with Crippen LogP contribution in [0.25, 0.3) is 28.3 Å². The summed E-state index contributed by atoms with van der Waals surface area (Å²) in [7, 11) is 0.946. The van der Waals surface area contributed by atoms with Crippen molar-refractivity contribution in [3.05, 3.63) is 48.8 Å². The average molecular weight is 517 g/mol. The first-order valence-corrected chi connectivity index (χ1v) is 10.9. The first-order chi connectivity index (χ1) is 23.1. The van der Waals surface area contributed by atoms with Crippen molar-refractivity contribution in [2.45, 2.75) is 6.54 Å². The highest BCUT2D eigenvalue weighted by Crippen LogP contribution is 2.24. The number of fused-ring (bicyclic) bond motifs is 3. The lowest BCUT2D eigenvalue weighted by Crippen LogP contribution is -2.47. The Balaban J connectivity index is 1.31. The van der Waals surface area contributed by atoms with Gasteiger partial charge in [0.05, 0.1) is 43.3 Å². The van der Waals surface area contributed by atoms with Gasteiger partial charge < -0.3 is 24.5 Å². The van der Waals surface area contributed by atoms with E-state index in [-0.39, 0.29) is 52.6 Å². The van der Waals surface area contributed by atoms with Gasteiger partial charge in [0.2, 0.25) is 11.8 Å². The van der Waals surface area contributed by atoms with Crippen molar-refractivity contribution in [2.75, 3.05) is 63.4 Å². The SMILES string of the molecule is [2H]c1nn(CCN2C([2H])([2H])C([2H])([2H])N(c3ccc(OC([2H])([2H])C([2H])([2H])OC)cc3)C([2H])([2H])C2([2H])[2H])c2nc(N)n3nc(-c4ccco4)nc3c12. The summed E-state index contributed by atoms with van der Waals surface area (Å²) in [4.78, 5) is 9.40. The standard InChI is InChI=1S/C25H29N9O3/c1-35-15-16-36-19-6-4-18(5-7-19)32-11-8-31(9-12-32)10-13-33-23-20(17-27-33)24-28-22(21-3-2-14-37-21)30-34(24)25(26)29-23/h2-7,14,17H,8-13,15-16H2,1H3,(H2,26,29)/i8D2,9D2,11D2,12D2,15D2,16D2,17D. The Labute approximate surface area is 231 Å². The van der Waals surface area contributed by atoms with Crippen molar-refractivity contribution in [3.63, 3.8) is 0 Å². The molecule has 0 atom stereocenters. The van der Waals surface area contributed by atoms with Crippen LogP contribution in [-0.2, 0) is 11.3 Å². The molecule has 0 spiro atoms. The zero-order valence-corrected chi connectivity index (χ0v) is 19.3. The molecule has 0 saturated carbocycles. The highest BCUT2D eigenvalue weighted by molar-refractivity contribution is 5.90. The fourth-order valence-electron chi connectivity index (χ4n) is 3.55. The number of benzene rings is 1. The zero-order chi connectivity index (χ0) is 36.8. The molecule has 5 aromatic rings. The molecule has 12 heteroatoms. The predicted octanol–water partition coefficient (Wildman–Crippen LogP) is 2.16. The zero-order valence-electron chi connectivity index (χ0n) is 32.3. The maximum atomic E-state index is 8.80. The lowest BCUT2D eigenvalue weighted by Gasteiger charge is -2.36. The molecule has 1 fully saturated rings. The van der Waals surface area contributed by atoms with Crippen molar-refractivity contribution >= 4 is 28.3 Å². The second kappa shape index (κ2) is 10.1. The monoisotopic (exact) mass is 516 g/mol. The Morgan fingerprint density at radius 3 is 2.68 bits per heavy atom. The minimum Gasteiger partial charge on any atom is -0.491 e. The number of nitrogens with zero attached hydrogens (tertiary/aromatic N) is 8. The molecular formula is C25H29N9O3. The molecule has 0 aliphatic carbocycles. The van der Waals surface area contributed by atoms with E-state index in [0.29, 0.717) is 15.6 Å². The number of methoxy groups -OCH3 is 1. The van der Waals surface area contributed by atoms with Crippen LogP contribution in [0.3, 0.4) is 0 Å². The van der Waals surface area contributed by atoms with E-state index < -0.39 is 45.7 Å². The van der Waals surface area contributed by atoms with Crippen LogP contribution in [0.15, 0.2) is 53.3 Å².